The second kappa shape index (κ2) is 4.94. The predicted octanol–water partition coefficient (Wildman–Crippen LogP) is 3.05. The molecule has 2 heterocycles. The Kier molecular flexibility index (Phi) is 2.92. The van der Waals surface area contributed by atoms with E-state index in [1.807, 2.05) is 47.9 Å². The monoisotopic (exact) mass is 292 g/mol. The SMILES string of the molecule is Cc1c(-c2cccc(NC(=O)C3CC3)c2)nc2ncccn12. The van der Waals surface area contributed by atoms with Crippen molar-refractivity contribution >= 4 is 17.4 Å². The standard InChI is InChI=1S/C17H16N4O/c1-11-15(20-17-18-8-3-9-21(11)17)13-4-2-5-14(10-13)19-16(22)12-6-7-12/h2-5,8-10,12H,6-7H2,1H3,(H,19,22). The zero-order chi connectivity index (χ0) is 15.1. The van der Waals surface area contributed by atoms with Gasteiger partial charge in [0.05, 0.1) is 5.69 Å². The molecule has 0 radical (unpaired) electrons. The van der Waals surface area contributed by atoms with Crippen molar-refractivity contribution in [3.05, 3.63) is 48.4 Å². The molecule has 0 bridgehead atoms. The summed E-state index contributed by atoms with van der Waals surface area (Å²) in [6, 6.07) is 9.70. The average Bonchev–Trinajstić information content (AvgIpc) is 3.33. The molecule has 5 heteroatoms. The van der Waals surface area contributed by atoms with Crippen LogP contribution >= 0.6 is 0 Å². The molecule has 1 fully saturated rings. The van der Waals surface area contributed by atoms with Crippen molar-refractivity contribution in [2.75, 3.05) is 5.32 Å². The minimum Gasteiger partial charge on any atom is -0.326 e. The van der Waals surface area contributed by atoms with Crippen LogP contribution in [0.25, 0.3) is 17.0 Å². The fourth-order valence-corrected chi connectivity index (χ4v) is 2.61. The molecule has 1 aromatic carbocycles. The smallest absolute Gasteiger partial charge is 0.234 e. The van der Waals surface area contributed by atoms with E-state index in [0.29, 0.717) is 5.78 Å². The van der Waals surface area contributed by atoms with Crippen LogP contribution in [0.3, 0.4) is 0 Å². The molecule has 0 aliphatic heterocycles. The van der Waals surface area contributed by atoms with Gasteiger partial charge in [0, 0.05) is 35.3 Å². The minimum atomic E-state index is 0.116. The molecule has 0 unspecified atom stereocenters. The Morgan fingerprint density at radius 1 is 1.32 bits per heavy atom. The number of anilines is 1. The van der Waals surface area contributed by atoms with Gasteiger partial charge in [0.1, 0.15) is 0 Å². The zero-order valence-corrected chi connectivity index (χ0v) is 12.3. The number of imidazole rings is 1. The molecule has 5 nitrogen and oxygen atoms in total. The summed E-state index contributed by atoms with van der Waals surface area (Å²) in [5.74, 6) is 0.998. The molecule has 1 amide bonds. The number of amides is 1. The number of aromatic nitrogens is 3. The van der Waals surface area contributed by atoms with Gasteiger partial charge < -0.3 is 5.32 Å². The number of rotatable bonds is 3. The molecule has 1 aliphatic carbocycles. The number of hydrogen-bond donors (Lipinski definition) is 1. The van der Waals surface area contributed by atoms with Crippen molar-refractivity contribution in [1.29, 1.82) is 0 Å². The molecule has 1 N–H and O–H groups in total. The van der Waals surface area contributed by atoms with E-state index >= 15 is 0 Å². The summed E-state index contributed by atoms with van der Waals surface area (Å²) < 4.78 is 1.96. The number of carbonyl (C=O) groups excluding carboxylic acids is 1. The van der Waals surface area contributed by atoms with Crippen LogP contribution in [0, 0.1) is 12.8 Å². The van der Waals surface area contributed by atoms with E-state index in [9.17, 15) is 4.79 Å². The van der Waals surface area contributed by atoms with E-state index in [1.165, 1.54) is 0 Å². The van der Waals surface area contributed by atoms with E-state index < -0.39 is 0 Å². The first-order valence-corrected chi connectivity index (χ1v) is 7.43. The first-order chi connectivity index (χ1) is 10.7. The molecule has 0 spiro atoms. The maximum Gasteiger partial charge on any atom is 0.234 e. The van der Waals surface area contributed by atoms with Gasteiger partial charge in [0.25, 0.3) is 0 Å². The lowest BCUT2D eigenvalue weighted by molar-refractivity contribution is -0.117. The Morgan fingerprint density at radius 3 is 2.95 bits per heavy atom. The van der Waals surface area contributed by atoms with E-state index in [1.54, 1.807) is 6.20 Å². The van der Waals surface area contributed by atoms with Gasteiger partial charge >= 0.3 is 0 Å². The summed E-state index contributed by atoms with van der Waals surface area (Å²) in [6.07, 6.45) is 5.69. The van der Waals surface area contributed by atoms with Crippen LogP contribution in [0.4, 0.5) is 5.69 Å². The van der Waals surface area contributed by atoms with Crippen molar-refractivity contribution in [3.8, 4) is 11.3 Å². The molecular formula is C17H16N4O. The highest BCUT2D eigenvalue weighted by atomic mass is 16.2. The quantitative estimate of drug-likeness (QED) is 0.807. The summed E-state index contributed by atoms with van der Waals surface area (Å²) in [4.78, 5) is 20.8. The van der Waals surface area contributed by atoms with Crippen molar-refractivity contribution in [2.24, 2.45) is 5.92 Å². The van der Waals surface area contributed by atoms with Gasteiger partial charge in [-0.3, -0.25) is 9.20 Å². The van der Waals surface area contributed by atoms with Crippen LogP contribution in [0.5, 0.6) is 0 Å². The van der Waals surface area contributed by atoms with E-state index in [-0.39, 0.29) is 11.8 Å². The lowest BCUT2D eigenvalue weighted by atomic mass is 10.1. The van der Waals surface area contributed by atoms with Crippen molar-refractivity contribution in [2.45, 2.75) is 19.8 Å². The lowest BCUT2D eigenvalue weighted by Crippen LogP contribution is -2.13. The highest BCUT2D eigenvalue weighted by Gasteiger charge is 2.29. The minimum absolute atomic E-state index is 0.116. The summed E-state index contributed by atoms with van der Waals surface area (Å²) in [6.45, 7) is 2.02. The molecule has 0 saturated heterocycles. The number of fused-ring (bicyclic) bond motifs is 1. The average molecular weight is 292 g/mol. The second-order valence-corrected chi connectivity index (χ2v) is 5.68. The summed E-state index contributed by atoms with van der Waals surface area (Å²) in [7, 11) is 0. The van der Waals surface area contributed by atoms with Gasteiger partial charge in [-0.25, -0.2) is 9.97 Å². The largest absolute Gasteiger partial charge is 0.326 e. The van der Waals surface area contributed by atoms with Gasteiger partial charge in [-0.1, -0.05) is 12.1 Å². The summed E-state index contributed by atoms with van der Waals surface area (Å²) in [5, 5.41) is 2.98. The van der Waals surface area contributed by atoms with Gasteiger partial charge in [-0.15, -0.1) is 0 Å². The molecule has 1 saturated carbocycles. The third-order valence-electron chi connectivity index (χ3n) is 3.99. The van der Waals surface area contributed by atoms with E-state index in [2.05, 4.69) is 15.3 Å². The van der Waals surface area contributed by atoms with Crippen LogP contribution in [0.1, 0.15) is 18.5 Å². The molecule has 22 heavy (non-hydrogen) atoms. The Balaban J connectivity index is 1.71. The number of carbonyl (C=O) groups is 1. The first kappa shape index (κ1) is 13.0. The van der Waals surface area contributed by atoms with Gasteiger partial charge in [0.2, 0.25) is 11.7 Å². The molecular weight excluding hydrogens is 276 g/mol. The fourth-order valence-electron chi connectivity index (χ4n) is 2.61. The van der Waals surface area contributed by atoms with Gasteiger partial charge in [-0.2, -0.15) is 0 Å². The number of nitrogens with zero attached hydrogens (tertiary/aromatic N) is 3. The number of aryl methyl sites for hydroxylation is 1. The zero-order valence-electron chi connectivity index (χ0n) is 12.3. The number of nitrogens with one attached hydrogen (secondary N) is 1. The summed E-state index contributed by atoms with van der Waals surface area (Å²) in [5.41, 5.74) is 3.73. The molecule has 3 aromatic rings. The fraction of sp³-hybridized carbons (Fsp3) is 0.235. The number of benzene rings is 1. The summed E-state index contributed by atoms with van der Waals surface area (Å²) >= 11 is 0. The molecule has 0 atom stereocenters. The molecule has 2 aromatic heterocycles. The van der Waals surface area contributed by atoms with Crippen molar-refractivity contribution in [3.63, 3.8) is 0 Å². The third kappa shape index (κ3) is 2.24. The topological polar surface area (TPSA) is 59.3 Å². The van der Waals surface area contributed by atoms with Crippen LogP contribution in [0.2, 0.25) is 0 Å². The Bertz CT molecular complexity index is 864. The molecule has 4 rings (SSSR count). The lowest BCUT2D eigenvalue weighted by Gasteiger charge is -2.06. The Morgan fingerprint density at radius 2 is 2.18 bits per heavy atom. The molecule has 1 aliphatic rings. The van der Waals surface area contributed by atoms with Crippen LogP contribution in [-0.4, -0.2) is 20.3 Å². The van der Waals surface area contributed by atoms with Gasteiger partial charge in [-0.05, 0) is 38.0 Å². The van der Waals surface area contributed by atoms with Gasteiger partial charge in [0.15, 0.2) is 0 Å². The predicted molar refractivity (Wildman–Crippen MR) is 84.5 cm³/mol. The maximum absolute atomic E-state index is 11.9. The number of hydrogen-bond acceptors (Lipinski definition) is 3. The van der Waals surface area contributed by atoms with Crippen molar-refractivity contribution in [1.82, 2.24) is 14.4 Å². The molecule has 110 valence electrons. The second-order valence-electron chi connectivity index (χ2n) is 5.68. The highest BCUT2D eigenvalue weighted by Crippen LogP contribution is 2.31. The van der Waals surface area contributed by atoms with Crippen LogP contribution < -0.4 is 5.32 Å². The van der Waals surface area contributed by atoms with Crippen molar-refractivity contribution < 1.29 is 4.79 Å². The maximum atomic E-state index is 11.9. The van der Waals surface area contributed by atoms with E-state index in [4.69, 9.17) is 0 Å². The highest BCUT2D eigenvalue weighted by molar-refractivity contribution is 5.94. The normalized spacial score (nSPS) is 14.2. The Labute approximate surface area is 128 Å². The van der Waals surface area contributed by atoms with E-state index in [0.717, 1.165) is 35.5 Å². The Hall–Kier alpha value is -2.69. The van der Waals surface area contributed by atoms with Crippen LogP contribution in [0.15, 0.2) is 42.7 Å². The first-order valence-electron chi connectivity index (χ1n) is 7.43. The third-order valence-corrected chi connectivity index (χ3v) is 3.99. The van der Waals surface area contributed by atoms with Crippen LogP contribution in [-0.2, 0) is 4.79 Å².